The smallest absolute Gasteiger partial charge is 0.257 e. The van der Waals surface area contributed by atoms with Gasteiger partial charge in [-0.3, -0.25) is 4.79 Å². The molecule has 2 heterocycles. The fourth-order valence-corrected chi connectivity index (χ4v) is 3.14. The van der Waals surface area contributed by atoms with E-state index in [9.17, 15) is 10.0 Å². The number of aryl methyl sites for hydroxylation is 1. The van der Waals surface area contributed by atoms with Gasteiger partial charge in [0.05, 0.1) is 17.8 Å². The fourth-order valence-electron chi connectivity index (χ4n) is 3.14. The Kier molecular flexibility index (Phi) is 5.07. The summed E-state index contributed by atoms with van der Waals surface area (Å²) < 4.78 is 2.43. The van der Waals surface area contributed by atoms with E-state index in [4.69, 9.17) is 5.10 Å². The number of nitrogens with zero attached hydrogens (tertiary/aromatic N) is 3. The molecule has 0 bridgehead atoms. The van der Waals surface area contributed by atoms with Crippen molar-refractivity contribution >= 4 is 11.7 Å². The van der Waals surface area contributed by atoms with E-state index in [-0.39, 0.29) is 5.91 Å². The minimum absolute atomic E-state index is 0.295. The van der Waals surface area contributed by atoms with E-state index >= 15 is 0 Å². The van der Waals surface area contributed by atoms with Gasteiger partial charge in [-0.15, -0.1) is 0 Å². The normalized spacial score (nSPS) is 10.7. The zero-order valence-corrected chi connectivity index (χ0v) is 15.9. The van der Waals surface area contributed by atoms with Gasteiger partial charge in [0.15, 0.2) is 12.4 Å². The van der Waals surface area contributed by atoms with Gasteiger partial charge >= 0.3 is 0 Å². The fraction of sp³-hybridized carbons (Fsp3) is 0.0870. The first-order valence-corrected chi connectivity index (χ1v) is 9.28. The molecule has 0 aliphatic carbocycles. The molecule has 2 aromatic heterocycles. The Morgan fingerprint density at radius 2 is 1.72 bits per heavy atom. The Bertz CT molecular complexity index is 1140. The highest BCUT2D eigenvalue weighted by Gasteiger charge is 2.15. The highest BCUT2D eigenvalue weighted by molar-refractivity contribution is 6.03. The molecule has 0 aliphatic heterocycles. The summed E-state index contributed by atoms with van der Waals surface area (Å²) >= 11 is 0. The van der Waals surface area contributed by atoms with E-state index in [2.05, 4.69) is 5.32 Å². The quantitative estimate of drug-likeness (QED) is 0.420. The lowest BCUT2D eigenvalue weighted by Crippen LogP contribution is -2.25. The molecule has 0 saturated heterocycles. The van der Waals surface area contributed by atoms with Crippen molar-refractivity contribution in [3.8, 4) is 11.3 Å². The second-order valence-electron chi connectivity index (χ2n) is 6.77. The summed E-state index contributed by atoms with van der Waals surface area (Å²) in [6.07, 6.45) is 2.60. The lowest BCUT2D eigenvalue weighted by atomic mass is 10.1. The Morgan fingerprint density at radius 1 is 1.03 bits per heavy atom. The summed E-state index contributed by atoms with van der Waals surface area (Å²) in [5.74, 6) is 0.298. The maximum atomic E-state index is 12.7. The van der Waals surface area contributed by atoms with Crippen LogP contribution in [0.2, 0.25) is 0 Å². The van der Waals surface area contributed by atoms with Crippen molar-refractivity contribution in [2.24, 2.45) is 0 Å². The molecule has 4 aromatic rings. The molecule has 29 heavy (non-hydrogen) atoms. The molecule has 0 saturated carbocycles. The second-order valence-corrected chi connectivity index (χ2v) is 6.77. The van der Waals surface area contributed by atoms with Crippen LogP contribution in [-0.2, 0) is 6.54 Å². The average molecular weight is 384 g/mol. The van der Waals surface area contributed by atoms with Crippen LogP contribution in [0.15, 0.2) is 85.2 Å². The monoisotopic (exact) mass is 384 g/mol. The van der Waals surface area contributed by atoms with Gasteiger partial charge in [-0.25, -0.2) is 4.68 Å². The number of pyridine rings is 1. The summed E-state index contributed by atoms with van der Waals surface area (Å²) in [7, 11) is 0. The maximum absolute atomic E-state index is 12.7. The van der Waals surface area contributed by atoms with Crippen molar-refractivity contribution in [2.75, 3.05) is 5.32 Å². The maximum Gasteiger partial charge on any atom is 0.257 e. The molecule has 0 radical (unpaired) electrons. The highest BCUT2D eigenvalue weighted by atomic mass is 16.5. The topological polar surface area (TPSA) is 73.9 Å². The van der Waals surface area contributed by atoms with Crippen molar-refractivity contribution in [3.63, 3.8) is 0 Å². The summed E-state index contributed by atoms with van der Waals surface area (Å²) in [6, 6.07) is 22.8. The van der Waals surface area contributed by atoms with Crippen molar-refractivity contribution in [1.29, 1.82) is 0 Å². The number of hydrogen-bond donors (Lipinski definition) is 1. The number of aromatic nitrogens is 3. The van der Waals surface area contributed by atoms with E-state index in [0.717, 1.165) is 22.4 Å². The van der Waals surface area contributed by atoms with Crippen molar-refractivity contribution in [3.05, 3.63) is 107 Å². The van der Waals surface area contributed by atoms with Crippen LogP contribution in [-0.4, -0.2) is 15.7 Å². The van der Waals surface area contributed by atoms with E-state index in [1.807, 2.05) is 67.6 Å². The molecule has 6 heteroatoms. The van der Waals surface area contributed by atoms with Gasteiger partial charge in [0, 0.05) is 23.8 Å². The zero-order chi connectivity index (χ0) is 20.2. The van der Waals surface area contributed by atoms with Gasteiger partial charge in [0.2, 0.25) is 0 Å². The number of hydrogen-bond acceptors (Lipinski definition) is 3. The number of nitrogens with one attached hydrogen (secondary N) is 1. The molecule has 0 atom stereocenters. The number of rotatable bonds is 5. The Hall–Kier alpha value is -3.93. The molecular weight excluding hydrogens is 364 g/mol. The molecule has 1 N–H and O–H groups in total. The lowest BCUT2D eigenvalue weighted by Gasteiger charge is -2.09. The third-order valence-electron chi connectivity index (χ3n) is 4.68. The molecule has 0 fully saturated rings. The highest BCUT2D eigenvalue weighted by Crippen LogP contribution is 2.26. The summed E-state index contributed by atoms with van der Waals surface area (Å²) in [4.78, 5) is 12.7. The van der Waals surface area contributed by atoms with Crippen LogP contribution in [0.25, 0.3) is 11.3 Å². The molecule has 6 nitrogen and oxygen atoms in total. The summed E-state index contributed by atoms with van der Waals surface area (Å²) in [5.41, 5.74) is 4.40. The number of carbonyl (C=O) groups excluding carboxylic acids is 1. The average Bonchev–Trinajstić information content (AvgIpc) is 3.11. The van der Waals surface area contributed by atoms with Gasteiger partial charge in [0.25, 0.3) is 5.91 Å². The van der Waals surface area contributed by atoms with E-state index in [0.29, 0.717) is 22.7 Å². The predicted octanol–water partition coefficient (Wildman–Crippen LogP) is 3.79. The number of carbonyl (C=O) groups is 1. The first-order chi connectivity index (χ1) is 14.1. The molecule has 0 aliphatic rings. The number of amides is 1. The summed E-state index contributed by atoms with van der Waals surface area (Å²) in [6.45, 7) is 2.56. The summed E-state index contributed by atoms with van der Waals surface area (Å²) in [5, 5.41) is 18.9. The number of benzene rings is 2. The van der Waals surface area contributed by atoms with E-state index < -0.39 is 0 Å². The Balaban J connectivity index is 1.69. The van der Waals surface area contributed by atoms with Gasteiger partial charge in [-0.05, 0) is 18.1 Å². The third-order valence-corrected chi connectivity index (χ3v) is 4.68. The zero-order valence-electron chi connectivity index (χ0n) is 15.9. The van der Waals surface area contributed by atoms with Gasteiger partial charge in [-0.1, -0.05) is 54.6 Å². The molecule has 144 valence electrons. The van der Waals surface area contributed by atoms with Crippen LogP contribution in [0.5, 0.6) is 0 Å². The van der Waals surface area contributed by atoms with Gasteiger partial charge in [0.1, 0.15) is 5.82 Å². The van der Waals surface area contributed by atoms with Crippen LogP contribution < -0.4 is 10.0 Å². The first kappa shape index (κ1) is 18.4. The molecular formula is C23H20N4O2. The SMILES string of the molecule is Cc1ccccc1-c1cc(NC(=O)c2cc[n+]([O-])cc2)n(Cc2ccccc2)n1. The molecule has 2 aromatic carbocycles. The van der Waals surface area contributed by atoms with Crippen molar-refractivity contribution in [1.82, 2.24) is 9.78 Å². The lowest BCUT2D eigenvalue weighted by molar-refractivity contribution is -0.605. The Morgan fingerprint density at radius 3 is 2.45 bits per heavy atom. The van der Waals surface area contributed by atoms with Crippen LogP contribution in [0.1, 0.15) is 21.5 Å². The largest absolute Gasteiger partial charge is 0.619 e. The first-order valence-electron chi connectivity index (χ1n) is 9.28. The van der Waals surface area contributed by atoms with Gasteiger partial charge < -0.3 is 10.5 Å². The molecule has 0 unspecified atom stereocenters. The minimum atomic E-state index is -0.295. The predicted molar refractivity (Wildman–Crippen MR) is 111 cm³/mol. The van der Waals surface area contributed by atoms with Crippen LogP contribution in [0, 0.1) is 12.1 Å². The van der Waals surface area contributed by atoms with Crippen molar-refractivity contribution in [2.45, 2.75) is 13.5 Å². The molecule has 4 rings (SSSR count). The minimum Gasteiger partial charge on any atom is -0.619 e. The molecule has 1 amide bonds. The van der Waals surface area contributed by atoms with Crippen LogP contribution >= 0.6 is 0 Å². The van der Waals surface area contributed by atoms with Crippen LogP contribution in [0.4, 0.5) is 5.82 Å². The number of anilines is 1. The third kappa shape index (κ3) is 4.16. The van der Waals surface area contributed by atoms with E-state index in [1.165, 1.54) is 24.5 Å². The van der Waals surface area contributed by atoms with E-state index in [1.54, 1.807) is 4.68 Å². The van der Waals surface area contributed by atoms with Gasteiger partial charge in [-0.2, -0.15) is 9.83 Å². The van der Waals surface area contributed by atoms with Crippen molar-refractivity contribution < 1.29 is 9.52 Å². The molecule has 0 spiro atoms. The standard InChI is InChI=1S/C23H20N4O2/c1-17-7-5-6-10-20(17)21-15-22(24-23(28)19-11-13-26(29)14-12-19)27(25-21)16-18-8-3-2-4-9-18/h2-15H,16H2,1H3,(H,24,28). The second kappa shape index (κ2) is 7.98. The Labute approximate surface area is 168 Å². The van der Waals surface area contributed by atoms with Crippen LogP contribution in [0.3, 0.4) is 0 Å².